The molecule has 0 bridgehead atoms. The van der Waals surface area contributed by atoms with Crippen LogP contribution >= 0.6 is 0 Å². The predicted octanol–water partition coefficient (Wildman–Crippen LogP) is 1.86. The number of nitrogens with zero attached hydrogens (tertiary/aromatic N) is 5. The van der Waals surface area contributed by atoms with Gasteiger partial charge in [0.05, 0.1) is 0 Å². The van der Waals surface area contributed by atoms with Crippen molar-refractivity contribution in [1.82, 2.24) is 24.2 Å². The minimum Gasteiger partial charge on any atom is -0.346 e. The molecule has 3 rings (SSSR count). The van der Waals surface area contributed by atoms with Gasteiger partial charge < -0.3 is 14.0 Å². The van der Waals surface area contributed by atoms with Gasteiger partial charge in [-0.15, -0.1) is 10.2 Å². The highest BCUT2D eigenvalue weighted by Gasteiger charge is 2.28. The molecular formula is C17H23N5O2. The fourth-order valence-electron chi connectivity index (χ4n) is 3.30. The number of carbonyl (C=O) groups is 2. The van der Waals surface area contributed by atoms with E-state index in [1.54, 1.807) is 30.2 Å². The van der Waals surface area contributed by atoms with E-state index in [1.807, 2.05) is 4.90 Å². The molecule has 0 atom stereocenters. The molecule has 0 saturated carbocycles. The van der Waals surface area contributed by atoms with E-state index < -0.39 is 0 Å². The maximum Gasteiger partial charge on any atom is 0.270 e. The third-order valence-corrected chi connectivity index (χ3v) is 4.76. The number of hydrogen-bond donors (Lipinski definition) is 0. The first-order chi connectivity index (χ1) is 11.5. The van der Waals surface area contributed by atoms with Crippen molar-refractivity contribution in [3.05, 3.63) is 35.7 Å². The third kappa shape index (κ3) is 2.98. The molecule has 2 aromatic rings. The van der Waals surface area contributed by atoms with Gasteiger partial charge in [0.2, 0.25) is 0 Å². The van der Waals surface area contributed by atoms with E-state index in [9.17, 15) is 9.59 Å². The number of piperidine rings is 1. The summed E-state index contributed by atoms with van der Waals surface area (Å²) in [6, 6.07) is 1.68. The Hall–Kier alpha value is -2.44. The molecule has 0 unspecified atom stereocenters. The zero-order valence-corrected chi connectivity index (χ0v) is 14.4. The molecule has 0 N–H and O–H groups in total. The van der Waals surface area contributed by atoms with Crippen molar-refractivity contribution < 1.29 is 9.59 Å². The summed E-state index contributed by atoms with van der Waals surface area (Å²) in [6.07, 6.45) is 5.25. The Bertz CT molecular complexity index is 753. The van der Waals surface area contributed by atoms with Crippen molar-refractivity contribution in [1.29, 1.82) is 0 Å². The second-order valence-corrected chi connectivity index (χ2v) is 6.32. The fourth-order valence-corrected chi connectivity index (χ4v) is 3.30. The van der Waals surface area contributed by atoms with Crippen LogP contribution in [0.2, 0.25) is 0 Å². The molecule has 7 heteroatoms. The van der Waals surface area contributed by atoms with Gasteiger partial charge in [0.1, 0.15) is 17.8 Å². The number of hydrogen-bond acceptors (Lipinski definition) is 4. The number of likely N-dealkylation sites (tertiary alicyclic amines) is 1. The van der Waals surface area contributed by atoms with Crippen LogP contribution < -0.4 is 0 Å². The molecule has 1 aliphatic heterocycles. The van der Waals surface area contributed by atoms with Gasteiger partial charge in [-0.1, -0.05) is 0 Å². The van der Waals surface area contributed by atoms with Crippen LogP contribution in [0.3, 0.4) is 0 Å². The molecule has 3 heterocycles. The molecule has 0 spiro atoms. The Kier molecular flexibility index (Phi) is 4.51. The smallest absolute Gasteiger partial charge is 0.270 e. The Labute approximate surface area is 141 Å². The molecular weight excluding hydrogens is 306 g/mol. The van der Waals surface area contributed by atoms with Crippen LogP contribution in [-0.2, 0) is 13.6 Å². The van der Waals surface area contributed by atoms with Crippen molar-refractivity contribution in [3.63, 3.8) is 0 Å². The number of amides is 1. The van der Waals surface area contributed by atoms with Crippen LogP contribution in [0.5, 0.6) is 0 Å². The van der Waals surface area contributed by atoms with Gasteiger partial charge in [0.25, 0.3) is 5.91 Å². The van der Waals surface area contributed by atoms with E-state index in [1.165, 1.54) is 6.92 Å². The largest absolute Gasteiger partial charge is 0.346 e. The molecule has 128 valence electrons. The highest BCUT2D eigenvalue weighted by molar-refractivity contribution is 5.99. The lowest BCUT2D eigenvalue weighted by atomic mass is 9.95. The second kappa shape index (κ2) is 6.59. The Morgan fingerprint density at radius 3 is 2.58 bits per heavy atom. The first-order valence-corrected chi connectivity index (χ1v) is 8.35. The first-order valence-electron chi connectivity index (χ1n) is 8.35. The number of Topliss-reactive ketones (excluding diaryl/α,β-unsaturated/α-hetero) is 1. The third-order valence-electron chi connectivity index (χ3n) is 4.76. The Balaban J connectivity index is 1.68. The zero-order chi connectivity index (χ0) is 17.3. The molecule has 0 aliphatic carbocycles. The van der Waals surface area contributed by atoms with E-state index in [0.29, 0.717) is 30.3 Å². The van der Waals surface area contributed by atoms with Crippen molar-refractivity contribution in [2.45, 2.75) is 39.2 Å². The van der Waals surface area contributed by atoms with Crippen LogP contribution in [0.1, 0.15) is 59.3 Å². The average Bonchev–Trinajstić information content (AvgIpc) is 3.20. The van der Waals surface area contributed by atoms with Gasteiger partial charge in [0, 0.05) is 44.4 Å². The van der Waals surface area contributed by atoms with Gasteiger partial charge in [0.15, 0.2) is 5.78 Å². The average molecular weight is 329 g/mol. The minimum atomic E-state index is -0.0257. The van der Waals surface area contributed by atoms with Gasteiger partial charge in [-0.25, -0.2) is 0 Å². The Morgan fingerprint density at radius 1 is 1.29 bits per heavy atom. The molecule has 24 heavy (non-hydrogen) atoms. The summed E-state index contributed by atoms with van der Waals surface area (Å²) in [5.74, 6) is 1.32. The second-order valence-electron chi connectivity index (χ2n) is 6.32. The highest BCUT2D eigenvalue weighted by Crippen LogP contribution is 2.27. The van der Waals surface area contributed by atoms with Crippen molar-refractivity contribution in [2.24, 2.45) is 7.05 Å². The number of carbonyl (C=O) groups excluding carboxylic acids is 2. The van der Waals surface area contributed by atoms with Crippen molar-refractivity contribution in [3.8, 4) is 0 Å². The molecule has 0 aromatic carbocycles. The number of aryl methyl sites for hydroxylation is 2. The zero-order valence-electron chi connectivity index (χ0n) is 14.4. The molecule has 1 fully saturated rings. The summed E-state index contributed by atoms with van der Waals surface area (Å²) in [5.41, 5.74) is 1.14. The lowest BCUT2D eigenvalue weighted by molar-refractivity contribution is 0.0700. The van der Waals surface area contributed by atoms with E-state index in [0.717, 1.165) is 25.2 Å². The number of ketones is 1. The Morgan fingerprint density at radius 2 is 2.00 bits per heavy atom. The van der Waals surface area contributed by atoms with Crippen LogP contribution in [-0.4, -0.2) is 49.0 Å². The highest BCUT2D eigenvalue weighted by atomic mass is 16.2. The van der Waals surface area contributed by atoms with Crippen molar-refractivity contribution >= 4 is 11.7 Å². The molecule has 1 aliphatic rings. The normalized spacial score (nSPS) is 15.7. The van der Waals surface area contributed by atoms with Crippen LogP contribution in [0.4, 0.5) is 0 Å². The summed E-state index contributed by atoms with van der Waals surface area (Å²) in [5, 5.41) is 8.24. The monoisotopic (exact) mass is 329 g/mol. The predicted molar refractivity (Wildman–Crippen MR) is 89.0 cm³/mol. The van der Waals surface area contributed by atoms with Crippen LogP contribution in [0.25, 0.3) is 0 Å². The van der Waals surface area contributed by atoms with E-state index >= 15 is 0 Å². The topological polar surface area (TPSA) is 73.0 Å². The van der Waals surface area contributed by atoms with Gasteiger partial charge in [-0.3, -0.25) is 9.59 Å². The molecule has 2 aromatic heterocycles. The summed E-state index contributed by atoms with van der Waals surface area (Å²) in [7, 11) is 1.80. The minimum absolute atomic E-state index is 0.0135. The van der Waals surface area contributed by atoms with Gasteiger partial charge >= 0.3 is 0 Å². The number of rotatable bonds is 4. The van der Waals surface area contributed by atoms with Crippen LogP contribution in [0.15, 0.2) is 18.6 Å². The SMILES string of the molecule is CCn1cnnc1C1CCN(C(=O)c2cc(C(C)=O)cn2C)CC1. The molecule has 1 amide bonds. The standard InChI is InChI=1S/C17H23N5O2/c1-4-21-11-18-19-16(21)13-5-7-22(8-6-13)17(24)15-9-14(12(2)23)10-20(15)3/h9-11,13H,4-8H2,1-3H3. The van der Waals surface area contributed by atoms with Gasteiger partial charge in [-0.2, -0.15) is 0 Å². The lowest BCUT2D eigenvalue weighted by Gasteiger charge is -2.31. The lowest BCUT2D eigenvalue weighted by Crippen LogP contribution is -2.39. The maximum absolute atomic E-state index is 12.7. The summed E-state index contributed by atoms with van der Waals surface area (Å²) in [6.45, 7) is 5.84. The van der Waals surface area contributed by atoms with E-state index in [4.69, 9.17) is 0 Å². The molecule has 0 radical (unpaired) electrons. The molecule has 7 nitrogen and oxygen atoms in total. The first kappa shape index (κ1) is 16.4. The molecule has 1 saturated heterocycles. The summed E-state index contributed by atoms with van der Waals surface area (Å²) < 4.78 is 3.80. The summed E-state index contributed by atoms with van der Waals surface area (Å²) in [4.78, 5) is 26.1. The van der Waals surface area contributed by atoms with E-state index in [2.05, 4.69) is 21.7 Å². The quantitative estimate of drug-likeness (QED) is 0.803. The number of aromatic nitrogens is 4. The van der Waals surface area contributed by atoms with Crippen molar-refractivity contribution in [2.75, 3.05) is 13.1 Å². The van der Waals surface area contributed by atoms with E-state index in [-0.39, 0.29) is 11.7 Å². The maximum atomic E-state index is 12.7. The van der Waals surface area contributed by atoms with Gasteiger partial charge in [-0.05, 0) is 32.8 Å². The fraction of sp³-hybridized carbons (Fsp3) is 0.529. The summed E-state index contributed by atoms with van der Waals surface area (Å²) >= 11 is 0. The van der Waals surface area contributed by atoms with Crippen LogP contribution in [0, 0.1) is 0 Å².